The SMILES string of the molecule is N#CNC(=NCCCCCCOc1ccc(OCc2ccccc2)cc1)Nc1ccncc1. The Labute approximate surface area is 195 Å². The summed E-state index contributed by atoms with van der Waals surface area (Å²) in [6, 6.07) is 21.5. The fraction of sp³-hybridized carbons (Fsp3) is 0.269. The maximum Gasteiger partial charge on any atom is 0.209 e. The van der Waals surface area contributed by atoms with Gasteiger partial charge in [0.15, 0.2) is 6.19 Å². The number of nitriles is 1. The molecule has 0 amide bonds. The van der Waals surface area contributed by atoms with Crippen molar-refractivity contribution in [3.63, 3.8) is 0 Å². The van der Waals surface area contributed by atoms with Gasteiger partial charge in [-0.3, -0.25) is 15.3 Å². The number of aliphatic imine (C=N–C) groups is 1. The second-order valence-corrected chi connectivity index (χ2v) is 7.34. The first kappa shape index (κ1) is 23.6. The first-order chi connectivity index (χ1) is 16.3. The van der Waals surface area contributed by atoms with Crippen molar-refractivity contribution in [1.29, 1.82) is 5.26 Å². The molecule has 2 N–H and O–H groups in total. The minimum atomic E-state index is 0.447. The van der Waals surface area contributed by atoms with Gasteiger partial charge in [0, 0.05) is 24.6 Å². The van der Waals surface area contributed by atoms with Gasteiger partial charge in [0.05, 0.1) is 6.61 Å². The molecule has 3 aromatic rings. The van der Waals surface area contributed by atoms with E-state index in [1.54, 1.807) is 12.4 Å². The second-order valence-electron chi connectivity index (χ2n) is 7.34. The van der Waals surface area contributed by atoms with Gasteiger partial charge in [0.25, 0.3) is 0 Å². The topological polar surface area (TPSA) is 91.6 Å². The van der Waals surface area contributed by atoms with Crippen LogP contribution in [0.2, 0.25) is 0 Å². The Kier molecular flexibility index (Phi) is 10.1. The summed E-state index contributed by atoms with van der Waals surface area (Å²) in [5.41, 5.74) is 1.98. The fourth-order valence-corrected chi connectivity index (χ4v) is 3.06. The van der Waals surface area contributed by atoms with Gasteiger partial charge in [0.2, 0.25) is 5.96 Å². The average molecular weight is 444 g/mol. The van der Waals surface area contributed by atoms with Crippen molar-refractivity contribution in [3.05, 3.63) is 84.7 Å². The standard InChI is InChI=1S/C26H29N5O2/c27-21-30-26(31-23-14-17-28-18-15-23)29-16-6-1-2-7-19-32-24-10-12-25(13-11-24)33-20-22-8-4-3-5-9-22/h3-5,8-15,17-18H,1-2,6-7,16,19-20H2,(H2,28,29,30,31). The largest absolute Gasteiger partial charge is 0.494 e. The molecular weight excluding hydrogens is 414 g/mol. The van der Waals surface area contributed by atoms with Gasteiger partial charge < -0.3 is 14.8 Å². The van der Waals surface area contributed by atoms with Crippen molar-refractivity contribution >= 4 is 11.6 Å². The van der Waals surface area contributed by atoms with Gasteiger partial charge in [-0.05, 0) is 61.2 Å². The number of aromatic nitrogens is 1. The Morgan fingerprint density at radius 1 is 0.848 bits per heavy atom. The molecule has 0 atom stereocenters. The molecule has 0 saturated carbocycles. The lowest BCUT2D eigenvalue weighted by molar-refractivity contribution is 0.297. The lowest BCUT2D eigenvalue weighted by Gasteiger charge is -2.09. The zero-order valence-electron chi connectivity index (χ0n) is 18.6. The summed E-state index contributed by atoms with van der Waals surface area (Å²) in [6.45, 7) is 1.88. The summed E-state index contributed by atoms with van der Waals surface area (Å²) in [7, 11) is 0. The van der Waals surface area contributed by atoms with Crippen molar-refractivity contribution in [2.45, 2.75) is 32.3 Å². The number of benzene rings is 2. The summed E-state index contributed by atoms with van der Waals surface area (Å²) in [4.78, 5) is 8.39. The molecule has 0 fully saturated rings. The third kappa shape index (κ3) is 9.32. The molecule has 7 nitrogen and oxygen atoms in total. The van der Waals surface area contributed by atoms with Crippen LogP contribution in [0.25, 0.3) is 0 Å². The molecule has 3 rings (SSSR count). The van der Waals surface area contributed by atoms with Crippen LogP contribution in [0.5, 0.6) is 11.5 Å². The summed E-state index contributed by atoms with van der Waals surface area (Å²) in [5, 5.41) is 14.5. The maximum atomic E-state index is 8.88. The van der Waals surface area contributed by atoms with E-state index < -0.39 is 0 Å². The van der Waals surface area contributed by atoms with E-state index in [-0.39, 0.29) is 0 Å². The lowest BCUT2D eigenvalue weighted by Crippen LogP contribution is -2.27. The number of rotatable bonds is 12. The van der Waals surface area contributed by atoms with Gasteiger partial charge >= 0.3 is 0 Å². The third-order valence-electron chi connectivity index (χ3n) is 4.78. The number of nitrogens with zero attached hydrogens (tertiary/aromatic N) is 3. The molecule has 0 aliphatic rings. The monoisotopic (exact) mass is 443 g/mol. The molecule has 0 aliphatic carbocycles. The van der Waals surface area contributed by atoms with E-state index in [1.807, 2.05) is 72.9 Å². The van der Waals surface area contributed by atoms with Crippen molar-refractivity contribution in [2.75, 3.05) is 18.5 Å². The van der Waals surface area contributed by atoms with E-state index in [4.69, 9.17) is 14.7 Å². The number of anilines is 1. The number of unbranched alkanes of at least 4 members (excludes halogenated alkanes) is 3. The quantitative estimate of drug-likeness (QED) is 0.132. The third-order valence-corrected chi connectivity index (χ3v) is 4.78. The highest BCUT2D eigenvalue weighted by Gasteiger charge is 2.00. The lowest BCUT2D eigenvalue weighted by atomic mass is 10.2. The Morgan fingerprint density at radius 3 is 2.27 bits per heavy atom. The van der Waals surface area contributed by atoms with Gasteiger partial charge in [-0.15, -0.1) is 0 Å². The van der Waals surface area contributed by atoms with Crippen molar-refractivity contribution in [3.8, 4) is 17.7 Å². The van der Waals surface area contributed by atoms with E-state index in [0.717, 1.165) is 48.4 Å². The van der Waals surface area contributed by atoms with Crippen LogP contribution in [-0.4, -0.2) is 24.1 Å². The number of nitrogens with one attached hydrogen (secondary N) is 2. The molecule has 1 heterocycles. The average Bonchev–Trinajstić information content (AvgIpc) is 2.86. The number of pyridine rings is 1. The summed E-state index contributed by atoms with van der Waals surface area (Å²) >= 11 is 0. The Morgan fingerprint density at radius 2 is 1.55 bits per heavy atom. The van der Waals surface area contributed by atoms with Crippen LogP contribution in [0.1, 0.15) is 31.2 Å². The van der Waals surface area contributed by atoms with E-state index in [1.165, 1.54) is 0 Å². The van der Waals surface area contributed by atoms with Gasteiger partial charge in [-0.1, -0.05) is 36.8 Å². The fourth-order valence-electron chi connectivity index (χ4n) is 3.06. The van der Waals surface area contributed by atoms with Crippen molar-refractivity contribution < 1.29 is 9.47 Å². The predicted molar refractivity (Wildman–Crippen MR) is 130 cm³/mol. The first-order valence-corrected chi connectivity index (χ1v) is 11.1. The summed E-state index contributed by atoms with van der Waals surface area (Å²) in [5.74, 6) is 2.12. The Bertz CT molecular complexity index is 1000. The molecule has 0 bridgehead atoms. The number of guanidine groups is 1. The van der Waals surface area contributed by atoms with E-state index in [0.29, 0.717) is 25.7 Å². The smallest absolute Gasteiger partial charge is 0.209 e. The van der Waals surface area contributed by atoms with Gasteiger partial charge in [-0.25, -0.2) is 0 Å². The highest BCUT2D eigenvalue weighted by atomic mass is 16.5. The Balaban J connectivity index is 1.26. The van der Waals surface area contributed by atoms with Crippen LogP contribution >= 0.6 is 0 Å². The van der Waals surface area contributed by atoms with Crippen molar-refractivity contribution in [1.82, 2.24) is 10.3 Å². The predicted octanol–water partition coefficient (Wildman–Crippen LogP) is 5.14. The molecule has 0 spiro atoms. The van der Waals surface area contributed by atoms with Gasteiger partial charge in [-0.2, -0.15) is 5.26 Å². The van der Waals surface area contributed by atoms with Crippen LogP contribution in [0.4, 0.5) is 5.69 Å². The van der Waals surface area contributed by atoms with Crippen molar-refractivity contribution in [2.24, 2.45) is 4.99 Å². The zero-order valence-corrected chi connectivity index (χ0v) is 18.6. The molecule has 33 heavy (non-hydrogen) atoms. The van der Waals surface area contributed by atoms with Crippen LogP contribution in [-0.2, 0) is 6.61 Å². The molecule has 170 valence electrons. The second kappa shape index (κ2) is 14.1. The number of ether oxygens (including phenoxy) is 2. The zero-order chi connectivity index (χ0) is 23.0. The minimum Gasteiger partial charge on any atom is -0.494 e. The van der Waals surface area contributed by atoms with Crippen LogP contribution < -0.4 is 20.1 Å². The van der Waals surface area contributed by atoms with E-state index in [9.17, 15) is 0 Å². The maximum absolute atomic E-state index is 8.88. The van der Waals surface area contributed by atoms with Gasteiger partial charge in [0.1, 0.15) is 18.1 Å². The summed E-state index contributed by atoms with van der Waals surface area (Å²) < 4.78 is 11.6. The van der Waals surface area contributed by atoms with Crippen LogP contribution in [0.15, 0.2) is 84.1 Å². The Hall–Kier alpha value is -4.05. The normalized spacial score (nSPS) is 10.8. The van der Waals surface area contributed by atoms with E-state index in [2.05, 4.69) is 20.6 Å². The number of hydrogen-bond donors (Lipinski definition) is 2. The highest BCUT2D eigenvalue weighted by Crippen LogP contribution is 2.19. The van der Waals surface area contributed by atoms with Crippen LogP contribution in [0.3, 0.4) is 0 Å². The molecular formula is C26H29N5O2. The van der Waals surface area contributed by atoms with Crippen LogP contribution in [0, 0.1) is 11.5 Å². The molecule has 0 unspecified atom stereocenters. The van der Waals surface area contributed by atoms with E-state index >= 15 is 0 Å². The number of hydrogen-bond acceptors (Lipinski definition) is 5. The molecule has 2 aromatic carbocycles. The first-order valence-electron chi connectivity index (χ1n) is 11.1. The molecule has 0 aliphatic heterocycles. The summed E-state index contributed by atoms with van der Waals surface area (Å²) in [6.07, 6.45) is 9.31. The molecule has 0 saturated heterocycles. The highest BCUT2D eigenvalue weighted by molar-refractivity contribution is 5.94. The molecule has 7 heteroatoms. The molecule has 0 radical (unpaired) electrons. The molecule has 1 aromatic heterocycles. The minimum absolute atomic E-state index is 0.447.